The van der Waals surface area contributed by atoms with E-state index >= 15 is 0 Å². The maximum absolute atomic E-state index is 12.9. The zero-order valence-corrected chi connectivity index (χ0v) is 14.1. The van der Waals surface area contributed by atoms with Crippen molar-refractivity contribution >= 4 is 28.7 Å². The predicted molar refractivity (Wildman–Crippen MR) is 92.7 cm³/mol. The summed E-state index contributed by atoms with van der Waals surface area (Å²) in [6.45, 7) is 3.99. The molecule has 7 nitrogen and oxygen atoms in total. The van der Waals surface area contributed by atoms with Crippen LogP contribution in [-0.2, 0) is 0 Å². The second-order valence-electron chi connectivity index (χ2n) is 5.79. The molecule has 0 fully saturated rings. The van der Waals surface area contributed by atoms with Gasteiger partial charge >= 0.3 is 0 Å². The number of anilines is 1. The molecule has 8 heteroatoms. The summed E-state index contributed by atoms with van der Waals surface area (Å²) in [6, 6.07) is 3.50. The highest BCUT2D eigenvalue weighted by molar-refractivity contribution is 7.13. The number of hydrogen-bond acceptors (Lipinski definition) is 6. The second kappa shape index (κ2) is 5.41. The van der Waals surface area contributed by atoms with E-state index in [0.717, 1.165) is 5.01 Å². The first-order valence-electron chi connectivity index (χ1n) is 7.62. The van der Waals surface area contributed by atoms with E-state index in [2.05, 4.69) is 15.1 Å². The smallest absolute Gasteiger partial charge is 0.255 e. The van der Waals surface area contributed by atoms with Gasteiger partial charge in [0.15, 0.2) is 10.7 Å². The number of thiazole rings is 1. The van der Waals surface area contributed by atoms with Crippen molar-refractivity contribution in [1.82, 2.24) is 24.5 Å². The summed E-state index contributed by atoms with van der Waals surface area (Å²) in [6.07, 6.45) is 5.76. The normalized spacial score (nSPS) is 20.2. The molecule has 2 unspecified atom stereocenters. The molecule has 2 atom stereocenters. The summed E-state index contributed by atoms with van der Waals surface area (Å²) in [4.78, 5) is 23.3. The van der Waals surface area contributed by atoms with E-state index in [9.17, 15) is 4.79 Å². The lowest BCUT2D eigenvalue weighted by atomic mass is 10.2. The first kappa shape index (κ1) is 14.8. The van der Waals surface area contributed by atoms with Crippen LogP contribution in [0.1, 0.15) is 24.2 Å². The molecule has 0 saturated heterocycles. The number of fused-ring (bicyclic) bond motifs is 1. The van der Waals surface area contributed by atoms with Crippen LogP contribution in [0.4, 0.5) is 5.82 Å². The highest BCUT2D eigenvalue weighted by Crippen LogP contribution is 2.24. The lowest BCUT2D eigenvalue weighted by Crippen LogP contribution is -2.39. The van der Waals surface area contributed by atoms with Gasteiger partial charge in [-0.2, -0.15) is 4.52 Å². The topological polar surface area (TPSA) is 89.4 Å². The van der Waals surface area contributed by atoms with E-state index in [4.69, 9.17) is 5.73 Å². The number of nitrogen functional groups attached to an aromatic ring is 1. The molecular formula is C16H16N6OS. The van der Waals surface area contributed by atoms with Crippen LogP contribution in [0.15, 0.2) is 35.9 Å². The predicted octanol–water partition coefficient (Wildman–Crippen LogP) is 2.22. The third-order valence-corrected chi connectivity index (χ3v) is 4.88. The maximum Gasteiger partial charge on any atom is 0.255 e. The quantitative estimate of drug-likeness (QED) is 0.723. The van der Waals surface area contributed by atoms with E-state index in [0.29, 0.717) is 22.9 Å². The van der Waals surface area contributed by atoms with E-state index in [1.54, 1.807) is 18.3 Å². The second-order valence-corrected chi connectivity index (χ2v) is 6.68. The molecule has 24 heavy (non-hydrogen) atoms. The fourth-order valence-corrected chi connectivity index (χ4v) is 3.52. The SMILES string of the molecule is CC1C=CC(C)N1C(=O)c1cc(N)n2nc(-c3nccs3)nc2c1. The van der Waals surface area contributed by atoms with Crippen LogP contribution < -0.4 is 5.73 Å². The van der Waals surface area contributed by atoms with Crippen molar-refractivity contribution < 1.29 is 4.79 Å². The number of hydrogen-bond donors (Lipinski definition) is 1. The summed E-state index contributed by atoms with van der Waals surface area (Å²) in [5.74, 6) is 0.817. The number of nitrogens with zero attached hydrogens (tertiary/aromatic N) is 5. The number of amides is 1. The van der Waals surface area contributed by atoms with Crippen LogP contribution in [0.3, 0.4) is 0 Å². The molecule has 0 spiro atoms. The van der Waals surface area contributed by atoms with Crippen molar-refractivity contribution in [1.29, 1.82) is 0 Å². The average molecular weight is 340 g/mol. The Morgan fingerprint density at radius 1 is 1.25 bits per heavy atom. The van der Waals surface area contributed by atoms with Gasteiger partial charge in [-0.15, -0.1) is 16.4 Å². The number of nitrogens with two attached hydrogens (primary N) is 1. The lowest BCUT2D eigenvalue weighted by molar-refractivity contribution is 0.0709. The largest absolute Gasteiger partial charge is 0.384 e. The van der Waals surface area contributed by atoms with Crippen molar-refractivity contribution in [3.05, 3.63) is 41.4 Å². The third-order valence-electron chi connectivity index (χ3n) is 4.12. The van der Waals surface area contributed by atoms with Crippen molar-refractivity contribution in [2.75, 3.05) is 5.73 Å². The van der Waals surface area contributed by atoms with Gasteiger partial charge in [0.05, 0.1) is 0 Å². The van der Waals surface area contributed by atoms with Crippen LogP contribution in [0, 0.1) is 0 Å². The summed E-state index contributed by atoms with van der Waals surface area (Å²) in [5, 5.41) is 6.96. The minimum Gasteiger partial charge on any atom is -0.384 e. The molecule has 1 amide bonds. The molecule has 0 bridgehead atoms. The molecule has 0 radical (unpaired) electrons. The lowest BCUT2D eigenvalue weighted by Gasteiger charge is -2.26. The number of carbonyl (C=O) groups is 1. The van der Waals surface area contributed by atoms with Gasteiger partial charge in [0.1, 0.15) is 5.82 Å². The van der Waals surface area contributed by atoms with Crippen molar-refractivity contribution in [3.63, 3.8) is 0 Å². The minimum absolute atomic E-state index is 0.0620. The Balaban J connectivity index is 1.76. The third kappa shape index (κ3) is 2.26. The standard InChI is InChI=1S/C16H16N6OS/c1-9-3-4-10(2)21(9)16(23)11-7-12(17)22-13(8-11)19-14(20-22)15-18-5-6-24-15/h3-10H,17H2,1-2H3. The molecule has 1 aliphatic heterocycles. The molecule has 0 aromatic carbocycles. The Kier molecular flexibility index (Phi) is 3.34. The Bertz CT molecular complexity index is 933. The average Bonchev–Trinajstić information content (AvgIpc) is 3.26. The van der Waals surface area contributed by atoms with Crippen molar-refractivity contribution in [2.24, 2.45) is 0 Å². The van der Waals surface area contributed by atoms with Crippen LogP contribution in [0.5, 0.6) is 0 Å². The molecule has 0 saturated carbocycles. The summed E-state index contributed by atoms with van der Waals surface area (Å²) in [7, 11) is 0. The van der Waals surface area contributed by atoms with Gasteiger partial charge in [0, 0.05) is 29.2 Å². The highest BCUT2D eigenvalue weighted by Gasteiger charge is 2.28. The molecule has 1 aliphatic rings. The summed E-state index contributed by atoms with van der Waals surface area (Å²) < 4.78 is 1.53. The van der Waals surface area contributed by atoms with Crippen LogP contribution in [0.25, 0.3) is 16.5 Å². The first-order chi connectivity index (χ1) is 11.5. The van der Waals surface area contributed by atoms with E-state index in [1.807, 2.05) is 36.3 Å². The molecule has 2 N–H and O–H groups in total. The molecular weight excluding hydrogens is 324 g/mol. The zero-order chi connectivity index (χ0) is 16.8. The van der Waals surface area contributed by atoms with Gasteiger partial charge < -0.3 is 10.6 Å². The monoisotopic (exact) mass is 340 g/mol. The van der Waals surface area contributed by atoms with Crippen LogP contribution >= 0.6 is 11.3 Å². The molecule has 3 aromatic heterocycles. The Hall–Kier alpha value is -2.74. The number of rotatable bonds is 2. The van der Waals surface area contributed by atoms with Crippen molar-refractivity contribution in [2.45, 2.75) is 25.9 Å². The van der Waals surface area contributed by atoms with Gasteiger partial charge in [-0.25, -0.2) is 9.97 Å². The van der Waals surface area contributed by atoms with E-state index in [-0.39, 0.29) is 18.0 Å². The van der Waals surface area contributed by atoms with Crippen LogP contribution in [-0.4, -0.2) is 42.5 Å². The number of carbonyl (C=O) groups excluding carboxylic acids is 1. The van der Waals surface area contributed by atoms with Gasteiger partial charge in [-0.3, -0.25) is 4.79 Å². The van der Waals surface area contributed by atoms with E-state index in [1.165, 1.54) is 15.9 Å². The van der Waals surface area contributed by atoms with Gasteiger partial charge in [-0.1, -0.05) is 12.2 Å². The Morgan fingerprint density at radius 2 is 2.00 bits per heavy atom. The maximum atomic E-state index is 12.9. The molecule has 3 aromatic rings. The van der Waals surface area contributed by atoms with Gasteiger partial charge in [0.2, 0.25) is 5.82 Å². The van der Waals surface area contributed by atoms with Crippen molar-refractivity contribution in [3.8, 4) is 10.8 Å². The number of pyridine rings is 1. The fraction of sp³-hybridized carbons (Fsp3) is 0.250. The molecule has 4 rings (SSSR count). The first-order valence-corrected chi connectivity index (χ1v) is 8.49. The molecule has 122 valence electrons. The van der Waals surface area contributed by atoms with E-state index < -0.39 is 0 Å². The molecule has 0 aliphatic carbocycles. The summed E-state index contributed by atoms with van der Waals surface area (Å²) in [5.41, 5.74) is 7.14. The fourth-order valence-electron chi connectivity index (χ4n) is 2.95. The molecule has 4 heterocycles. The van der Waals surface area contributed by atoms with Gasteiger partial charge in [-0.05, 0) is 26.0 Å². The Labute approximate surface area is 142 Å². The van der Waals surface area contributed by atoms with Gasteiger partial charge in [0.25, 0.3) is 5.91 Å². The number of aromatic nitrogens is 4. The van der Waals surface area contributed by atoms with Crippen LogP contribution in [0.2, 0.25) is 0 Å². The zero-order valence-electron chi connectivity index (χ0n) is 13.2. The minimum atomic E-state index is -0.0620. The highest BCUT2D eigenvalue weighted by atomic mass is 32.1. The Morgan fingerprint density at radius 3 is 2.67 bits per heavy atom. The summed E-state index contributed by atoms with van der Waals surface area (Å²) >= 11 is 1.45.